The van der Waals surface area contributed by atoms with Crippen LogP contribution in [0.25, 0.3) is 11.1 Å². The van der Waals surface area contributed by atoms with Crippen molar-refractivity contribution in [3.05, 3.63) is 83.2 Å². The van der Waals surface area contributed by atoms with E-state index in [9.17, 15) is 9.18 Å². The highest BCUT2D eigenvalue weighted by molar-refractivity contribution is 5.71. The fourth-order valence-electron chi connectivity index (χ4n) is 3.73. The minimum atomic E-state index is -0.808. The monoisotopic (exact) mass is 466 g/mol. The van der Waals surface area contributed by atoms with Gasteiger partial charge in [0.25, 0.3) is 0 Å². The average molecular weight is 467 g/mol. The highest BCUT2D eigenvalue weighted by atomic mass is 19.1. The zero-order chi connectivity index (χ0) is 24.2. The number of rotatable bonds is 8. The van der Waals surface area contributed by atoms with E-state index in [-0.39, 0.29) is 18.7 Å². The summed E-state index contributed by atoms with van der Waals surface area (Å²) in [6, 6.07) is 18.2. The van der Waals surface area contributed by atoms with Gasteiger partial charge in [-0.1, -0.05) is 59.4 Å². The Balaban J connectivity index is 0.00000408. The van der Waals surface area contributed by atoms with Crippen molar-refractivity contribution in [1.29, 1.82) is 0 Å². The Hall–Kier alpha value is -3.34. The first kappa shape index (κ1) is 26.9. The molecule has 0 spiro atoms. The maximum atomic E-state index is 14.8. The van der Waals surface area contributed by atoms with Crippen molar-refractivity contribution in [2.75, 3.05) is 7.11 Å². The second kappa shape index (κ2) is 11.2. The third-order valence-corrected chi connectivity index (χ3v) is 5.65. The number of benzene rings is 3. The van der Waals surface area contributed by atoms with Gasteiger partial charge in [-0.15, -0.1) is 0 Å². The third-order valence-electron chi connectivity index (χ3n) is 5.65. The van der Waals surface area contributed by atoms with Gasteiger partial charge in [-0.25, -0.2) is 4.39 Å². The smallest absolute Gasteiger partial charge is 0.306 e. The van der Waals surface area contributed by atoms with Gasteiger partial charge in [0.05, 0.1) is 13.0 Å². The zero-order valence-corrected chi connectivity index (χ0v) is 19.8. The molecule has 0 aliphatic heterocycles. The summed E-state index contributed by atoms with van der Waals surface area (Å²) in [6.07, 6.45) is 0.472. The molecular weight excluding hydrogens is 431 g/mol. The number of ether oxygens (including phenoxy) is 2. The molecule has 0 saturated heterocycles. The number of halogens is 1. The van der Waals surface area contributed by atoms with Crippen LogP contribution in [-0.4, -0.2) is 18.2 Å². The van der Waals surface area contributed by atoms with Gasteiger partial charge in [0, 0.05) is 5.56 Å². The first-order valence-corrected chi connectivity index (χ1v) is 11.0. The topological polar surface area (TPSA) is 55.8 Å². The molecule has 0 bridgehead atoms. The Kier molecular flexibility index (Phi) is 8.86. The Morgan fingerprint density at radius 2 is 1.56 bits per heavy atom. The summed E-state index contributed by atoms with van der Waals surface area (Å²) < 4.78 is 26.1. The van der Waals surface area contributed by atoms with Crippen LogP contribution in [0, 0.1) is 11.7 Å². The largest absolute Gasteiger partial charge is 0.497 e. The minimum Gasteiger partial charge on any atom is -0.497 e. The van der Waals surface area contributed by atoms with Crippen molar-refractivity contribution in [2.45, 2.75) is 53.6 Å². The van der Waals surface area contributed by atoms with E-state index >= 15 is 0 Å². The molecule has 182 valence electrons. The molecule has 0 amide bonds. The van der Waals surface area contributed by atoms with Crippen molar-refractivity contribution < 1.29 is 23.8 Å². The molecule has 0 unspecified atom stereocenters. The van der Waals surface area contributed by atoms with Crippen LogP contribution in [0.5, 0.6) is 11.5 Å². The molecule has 0 aromatic heterocycles. The summed E-state index contributed by atoms with van der Waals surface area (Å²) >= 11 is 0. The van der Waals surface area contributed by atoms with Crippen LogP contribution in [0.2, 0.25) is 0 Å². The van der Waals surface area contributed by atoms with Crippen LogP contribution >= 0.6 is 0 Å². The molecule has 3 aromatic rings. The molecule has 34 heavy (non-hydrogen) atoms. The van der Waals surface area contributed by atoms with Crippen LogP contribution in [-0.2, 0) is 23.2 Å². The van der Waals surface area contributed by atoms with Crippen LogP contribution in [0.4, 0.5) is 4.39 Å². The predicted molar refractivity (Wildman–Crippen MR) is 135 cm³/mol. The van der Waals surface area contributed by atoms with Gasteiger partial charge in [-0.2, -0.15) is 0 Å². The van der Waals surface area contributed by atoms with Gasteiger partial charge in [-0.3, -0.25) is 4.79 Å². The summed E-state index contributed by atoms with van der Waals surface area (Å²) in [5, 5.41) is 9.07. The van der Waals surface area contributed by atoms with Crippen molar-refractivity contribution >= 4 is 5.97 Å². The molecule has 1 atom stereocenters. The van der Waals surface area contributed by atoms with E-state index in [0.717, 1.165) is 22.3 Å². The third kappa shape index (κ3) is 6.60. The number of hydrogen-bond acceptors (Lipinski definition) is 3. The van der Waals surface area contributed by atoms with E-state index in [2.05, 4.69) is 20.8 Å². The summed E-state index contributed by atoms with van der Waals surface area (Å²) in [5.41, 5.74) is 4.05. The van der Waals surface area contributed by atoms with Gasteiger partial charge in [0.1, 0.15) is 23.9 Å². The van der Waals surface area contributed by atoms with Gasteiger partial charge < -0.3 is 14.6 Å². The van der Waals surface area contributed by atoms with E-state index < -0.39 is 11.9 Å². The van der Waals surface area contributed by atoms with E-state index in [1.165, 1.54) is 6.07 Å². The second-order valence-corrected chi connectivity index (χ2v) is 9.35. The highest BCUT2D eigenvalue weighted by Crippen LogP contribution is 2.36. The number of carboxylic acids is 1. The van der Waals surface area contributed by atoms with Crippen molar-refractivity contribution in [2.24, 2.45) is 5.92 Å². The minimum absolute atomic E-state index is 0. The lowest BCUT2D eigenvalue weighted by molar-refractivity contribution is -0.141. The first-order chi connectivity index (χ1) is 15.6. The second-order valence-electron chi connectivity index (χ2n) is 9.35. The van der Waals surface area contributed by atoms with E-state index in [1.54, 1.807) is 26.2 Å². The Morgan fingerprint density at radius 1 is 0.941 bits per heavy atom. The SMILES string of the molecule is C.COc1ccc(F)c(-c2cc(COc3ccc(C[C@@H](C)C(=O)O)cc3)ccc2C(C)(C)C)c1. The van der Waals surface area contributed by atoms with Crippen molar-refractivity contribution in [1.82, 2.24) is 0 Å². The van der Waals surface area contributed by atoms with Crippen molar-refractivity contribution in [3.63, 3.8) is 0 Å². The number of aliphatic carboxylic acids is 1. The number of hydrogen-bond donors (Lipinski definition) is 1. The first-order valence-electron chi connectivity index (χ1n) is 11.0. The quantitative estimate of drug-likeness (QED) is 0.379. The number of carboxylic acid groups (broad SMARTS) is 1. The molecule has 0 heterocycles. The molecule has 0 aliphatic carbocycles. The van der Waals surface area contributed by atoms with Gasteiger partial charge in [0.2, 0.25) is 0 Å². The molecule has 0 saturated carbocycles. The van der Waals surface area contributed by atoms with Gasteiger partial charge in [0.15, 0.2) is 0 Å². The Morgan fingerprint density at radius 3 is 2.15 bits per heavy atom. The summed E-state index contributed by atoms with van der Waals surface area (Å²) in [6.45, 7) is 8.33. The summed E-state index contributed by atoms with van der Waals surface area (Å²) in [4.78, 5) is 11.0. The molecule has 4 nitrogen and oxygen atoms in total. The molecule has 0 radical (unpaired) electrons. The summed E-state index contributed by atoms with van der Waals surface area (Å²) in [7, 11) is 1.57. The lowest BCUT2D eigenvalue weighted by Crippen LogP contribution is -2.13. The van der Waals surface area contributed by atoms with Crippen LogP contribution in [0.1, 0.15) is 51.8 Å². The lowest BCUT2D eigenvalue weighted by Gasteiger charge is -2.24. The molecule has 3 aromatic carbocycles. The fourth-order valence-corrected chi connectivity index (χ4v) is 3.73. The van der Waals surface area contributed by atoms with E-state index in [0.29, 0.717) is 30.1 Å². The molecule has 5 heteroatoms. The number of carbonyl (C=O) groups is 1. The number of methoxy groups -OCH3 is 1. The Labute approximate surface area is 202 Å². The highest BCUT2D eigenvalue weighted by Gasteiger charge is 2.21. The molecule has 1 N–H and O–H groups in total. The molecular formula is C29H35FO4. The van der Waals surface area contributed by atoms with E-state index in [1.807, 2.05) is 42.5 Å². The molecule has 0 aliphatic rings. The molecule has 3 rings (SSSR count). The molecule has 0 fully saturated rings. The maximum absolute atomic E-state index is 14.8. The van der Waals surface area contributed by atoms with Gasteiger partial charge >= 0.3 is 5.97 Å². The summed E-state index contributed by atoms with van der Waals surface area (Å²) in [5.74, 6) is -0.252. The zero-order valence-electron chi connectivity index (χ0n) is 19.8. The van der Waals surface area contributed by atoms with E-state index in [4.69, 9.17) is 14.6 Å². The normalized spacial score (nSPS) is 11.9. The Bertz CT molecular complexity index is 1110. The maximum Gasteiger partial charge on any atom is 0.306 e. The van der Waals surface area contributed by atoms with Crippen LogP contribution in [0.3, 0.4) is 0 Å². The fraction of sp³-hybridized carbons (Fsp3) is 0.345. The van der Waals surface area contributed by atoms with Crippen LogP contribution in [0.15, 0.2) is 60.7 Å². The lowest BCUT2D eigenvalue weighted by atomic mass is 9.81. The van der Waals surface area contributed by atoms with Crippen molar-refractivity contribution in [3.8, 4) is 22.6 Å². The standard InChI is InChI=1S/C28H31FO4.CH4/c1-18(27(30)31)14-19-6-9-21(10-7-19)33-17-20-8-12-25(28(2,3)4)23(15-20)24-16-22(32-5)11-13-26(24)29;/h6-13,15-16,18H,14,17H2,1-5H3,(H,30,31);1H4/t18-;/m1./s1. The predicted octanol–water partition coefficient (Wildman–Crippen LogP) is 7.28. The van der Waals surface area contributed by atoms with Gasteiger partial charge in [-0.05, 0) is 70.5 Å². The van der Waals surface area contributed by atoms with Crippen LogP contribution < -0.4 is 9.47 Å². The average Bonchev–Trinajstić information content (AvgIpc) is 2.78.